The fourth-order valence-corrected chi connectivity index (χ4v) is 1.51. The quantitative estimate of drug-likeness (QED) is 0.658. The second-order valence-corrected chi connectivity index (χ2v) is 4.58. The maximum absolute atomic E-state index is 11.3. The van der Waals surface area contributed by atoms with Crippen LogP contribution in [0.5, 0.6) is 0 Å². The zero-order chi connectivity index (χ0) is 9.31. The molecular weight excluding hydrogens is 166 g/mol. The molecule has 0 aromatic carbocycles. The van der Waals surface area contributed by atoms with Crippen LogP contribution in [0.4, 0.5) is 0 Å². The Morgan fingerprint density at radius 1 is 1.46 bits per heavy atom. The van der Waals surface area contributed by atoms with Crippen molar-refractivity contribution in [2.75, 3.05) is 13.2 Å². The average molecular weight is 183 g/mol. The van der Waals surface area contributed by atoms with E-state index in [1.165, 1.54) is 12.8 Å². The molecule has 0 bridgehead atoms. The topological polar surface area (TPSA) is 49.3 Å². The highest BCUT2D eigenvalue weighted by Gasteiger charge is 2.42. The van der Waals surface area contributed by atoms with Crippen LogP contribution in [0.2, 0.25) is 0 Å². The number of hydrogen-bond acceptors (Lipinski definition) is 2. The normalized spacial score (nSPS) is 24.1. The minimum Gasteiger partial charge on any atom is -0.396 e. The summed E-state index contributed by atoms with van der Waals surface area (Å²) in [4.78, 5) is 11.3. The second kappa shape index (κ2) is 3.29. The van der Waals surface area contributed by atoms with Crippen LogP contribution >= 0.6 is 0 Å². The van der Waals surface area contributed by atoms with Gasteiger partial charge in [-0.1, -0.05) is 0 Å². The van der Waals surface area contributed by atoms with Crippen molar-refractivity contribution >= 4 is 5.91 Å². The molecule has 0 heterocycles. The van der Waals surface area contributed by atoms with Gasteiger partial charge >= 0.3 is 0 Å². The molecular formula is C10H17NO2. The van der Waals surface area contributed by atoms with Crippen molar-refractivity contribution in [1.29, 1.82) is 0 Å². The molecule has 0 saturated heterocycles. The number of amides is 1. The van der Waals surface area contributed by atoms with Gasteiger partial charge in [-0.3, -0.25) is 4.79 Å². The third kappa shape index (κ3) is 2.44. The molecule has 2 N–H and O–H groups in total. The van der Waals surface area contributed by atoms with Gasteiger partial charge in [-0.2, -0.15) is 0 Å². The summed E-state index contributed by atoms with van der Waals surface area (Å²) in [6.45, 7) is 0.895. The molecule has 0 aromatic heterocycles. The molecule has 0 aromatic rings. The van der Waals surface area contributed by atoms with E-state index >= 15 is 0 Å². The standard InChI is InChI=1S/C10H17NO2/c12-7-10(3-4-10)6-11-9(13)5-8-1-2-8/h8,12H,1-7H2,(H,11,13). The lowest BCUT2D eigenvalue weighted by molar-refractivity contribution is -0.121. The van der Waals surface area contributed by atoms with Crippen LogP contribution in [0.3, 0.4) is 0 Å². The summed E-state index contributed by atoms with van der Waals surface area (Å²) in [5.74, 6) is 0.825. The summed E-state index contributed by atoms with van der Waals surface area (Å²) in [6.07, 6.45) is 5.26. The Hall–Kier alpha value is -0.570. The van der Waals surface area contributed by atoms with Crippen molar-refractivity contribution in [2.24, 2.45) is 11.3 Å². The monoisotopic (exact) mass is 183 g/mol. The summed E-state index contributed by atoms with van der Waals surface area (Å²) in [5.41, 5.74) is 0.0548. The molecule has 2 aliphatic rings. The molecule has 0 atom stereocenters. The lowest BCUT2D eigenvalue weighted by Crippen LogP contribution is -2.31. The molecule has 3 heteroatoms. The number of rotatable bonds is 5. The molecule has 1 amide bonds. The Morgan fingerprint density at radius 3 is 2.62 bits per heavy atom. The van der Waals surface area contributed by atoms with Gasteiger partial charge in [0.2, 0.25) is 5.91 Å². The third-order valence-electron chi connectivity index (χ3n) is 3.12. The Labute approximate surface area is 78.5 Å². The number of nitrogens with one attached hydrogen (secondary N) is 1. The molecule has 2 aliphatic carbocycles. The van der Waals surface area contributed by atoms with Gasteiger partial charge in [0.15, 0.2) is 0 Å². The summed E-state index contributed by atoms with van der Waals surface area (Å²) in [5, 5.41) is 11.9. The summed E-state index contributed by atoms with van der Waals surface area (Å²) in [6, 6.07) is 0. The number of aliphatic hydroxyl groups is 1. The molecule has 13 heavy (non-hydrogen) atoms. The second-order valence-electron chi connectivity index (χ2n) is 4.58. The molecule has 0 unspecified atom stereocenters. The van der Waals surface area contributed by atoms with Crippen molar-refractivity contribution in [3.63, 3.8) is 0 Å². The van der Waals surface area contributed by atoms with Crippen molar-refractivity contribution in [1.82, 2.24) is 5.32 Å². The third-order valence-corrected chi connectivity index (χ3v) is 3.12. The van der Waals surface area contributed by atoms with Gasteiger partial charge in [0.1, 0.15) is 0 Å². The molecule has 0 spiro atoms. The number of carbonyl (C=O) groups is 1. The molecule has 2 rings (SSSR count). The molecule has 0 radical (unpaired) electrons. The van der Waals surface area contributed by atoms with Crippen molar-refractivity contribution in [3.05, 3.63) is 0 Å². The van der Waals surface area contributed by atoms with Gasteiger partial charge in [0.25, 0.3) is 0 Å². The fourth-order valence-electron chi connectivity index (χ4n) is 1.51. The van der Waals surface area contributed by atoms with Crippen LogP contribution in [0, 0.1) is 11.3 Å². The highest BCUT2D eigenvalue weighted by atomic mass is 16.3. The van der Waals surface area contributed by atoms with E-state index < -0.39 is 0 Å². The molecule has 3 nitrogen and oxygen atoms in total. The van der Waals surface area contributed by atoms with E-state index in [1.807, 2.05) is 0 Å². The lowest BCUT2D eigenvalue weighted by atomic mass is 10.1. The fraction of sp³-hybridized carbons (Fsp3) is 0.900. The van der Waals surface area contributed by atoms with Crippen LogP contribution in [-0.2, 0) is 4.79 Å². The van der Waals surface area contributed by atoms with E-state index in [-0.39, 0.29) is 17.9 Å². The van der Waals surface area contributed by atoms with Crippen LogP contribution in [0.15, 0.2) is 0 Å². The predicted molar refractivity (Wildman–Crippen MR) is 49.1 cm³/mol. The first-order chi connectivity index (χ1) is 6.24. The van der Waals surface area contributed by atoms with E-state index in [0.717, 1.165) is 12.8 Å². The maximum atomic E-state index is 11.3. The van der Waals surface area contributed by atoms with Crippen LogP contribution < -0.4 is 5.32 Å². The van der Waals surface area contributed by atoms with E-state index in [0.29, 0.717) is 18.9 Å². The number of hydrogen-bond donors (Lipinski definition) is 2. The zero-order valence-corrected chi connectivity index (χ0v) is 7.88. The maximum Gasteiger partial charge on any atom is 0.220 e. The van der Waals surface area contributed by atoms with Crippen molar-refractivity contribution < 1.29 is 9.90 Å². The van der Waals surface area contributed by atoms with Gasteiger partial charge in [0, 0.05) is 18.4 Å². The first kappa shape index (κ1) is 9.00. The summed E-state index contributed by atoms with van der Waals surface area (Å²) < 4.78 is 0. The number of aliphatic hydroxyl groups excluding tert-OH is 1. The minimum atomic E-state index is 0.0548. The van der Waals surface area contributed by atoms with Crippen LogP contribution in [0.1, 0.15) is 32.1 Å². The van der Waals surface area contributed by atoms with E-state index in [1.54, 1.807) is 0 Å². The predicted octanol–water partition coefficient (Wildman–Crippen LogP) is 0.675. The largest absolute Gasteiger partial charge is 0.396 e. The summed E-state index contributed by atoms with van der Waals surface area (Å²) >= 11 is 0. The Kier molecular flexibility index (Phi) is 2.28. The molecule has 74 valence electrons. The van der Waals surface area contributed by atoms with Crippen molar-refractivity contribution in [2.45, 2.75) is 32.1 Å². The first-order valence-electron chi connectivity index (χ1n) is 5.12. The van der Waals surface area contributed by atoms with Crippen molar-refractivity contribution in [3.8, 4) is 0 Å². The van der Waals surface area contributed by atoms with Gasteiger partial charge in [-0.05, 0) is 31.6 Å². The Bertz CT molecular complexity index is 207. The van der Waals surface area contributed by atoms with Gasteiger partial charge < -0.3 is 10.4 Å². The number of carbonyl (C=O) groups excluding carboxylic acids is 1. The SMILES string of the molecule is O=C(CC1CC1)NCC1(CO)CC1. The smallest absolute Gasteiger partial charge is 0.220 e. The first-order valence-corrected chi connectivity index (χ1v) is 5.12. The summed E-state index contributed by atoms with van der Waals surface area (Å²) in [7, 11) is 0. The van der Waals surface area contributed by atoms with Gasteiger partial charge in [-0.25, -0.2) is 0 Å². The van der Waals surface area contributed by atoms with Gasteiger partial charge in [0.05, 0.1) is 6.61 Å². The highest BCUT2D eigenvalue weighted by Crippen LogP contribution is 2.44. The molecule has 2 fully saturated rings. The zero-order valence-electron chi connectivity index (χ0n) is 7.88. The molecule has 2 saturated carbocycles. The molecule has 0 aliphatic heterocycles. The van der Waals surface area contributed by atoms with Crippen LogP contribution in [0.25, 0.3) is 0 Å². The minimum absolute atomic E-state index is 0.0548. The van der Waals surface area contributed by atoms with E-state index in [9.17, 15) is 4.79 Å². The van der Waals surface area contributed by atoms with Gasteiger partial charge in [-0.15, -0.1) is 0 Å². The lowest BCUT2D eigenvalue weighted by Gasteiger charge is -2.12. The van der Waals surface area contributed by atoms with E-state index in [2.05, 4.69) is 5.32 Å². The Morgan fingerprint density at radius 2 is 2.15 bits per heavy atom. The average Bonchev–Trinajstić information content (AvgIpc) is 2.98. The highest BCUT2D eigenvalue weighted by molar-refractivity contribution is 5.76. The van der Waals surface area contributed by atoms with Crippen LogP contribution in [-0.4, -0.2) is 24.2 Å². The van der Waals surface area contributed by atoms with E-state index in [4.69, 9.17) is 5.11 Å². The Balaban J connectivity index is 1.63.